The van der Waals surface area contributed by atoms with Crippen LogP contribution in [0.1, 0.15) is 69.2 Å². The molecule has 2 rings (SSSR count). The Balaban J connectivity index is 0. The van der Waals surface area contributed by atoms with Gasteiger partial charge in [-0.25, -0.2) is 11.1 Å². The van der Waals surface area contributed by atoms with E-state index in [9.17, 15) is 17.3 Å². The van der Waals surface area contributed by atoms with E-state index in [0.717, 1.165) is 0 Å². The fraction of sp³-hybridized carbons (Fsp3) is 0.600. The summed E-state index contributed by atoms with van der Waals surface area (Å²) in [5.41, 5.74) is 8.79. The molecule has 0 fully saturated rings. The fourth-order valence-electron chi connectivity index (χ4n) is 2.81. The van der Waals surface area contributed by atoms with Crippen molar-refractivity contribution in [3.63, 3.8) is 0 Å². The maximum absolute atomic E-state index is 9.75. The molecule has 0 saturated heterocycles. The van der Waals surface area contributed by atoms with Crippen LogP contribution in [-0.4, -0.2) is 7.25 Å². The monoisotopic (exact) mass is 409 g/mol. The van der Waals surface area contributed by atoms with Crippen LogP contribution in [0, 0.1) is 23.0 Å². The van der Waals surface area contributed by atoms with E-state index in [4.69, 9.17) is 0 Å². The Bertz CT molecular complexity index is 577. The summed E-state index contributed by atoms with van der Waals surface area (Å²) < 4.78 is 39.0. The average molecular weight is 409 g/mol. The minimum Gasteiger partial charge on any atom is -0.418 e. The predicted octanol–water partition coefficient (Wildman–Crippen LogP) is 7.52. The van der Waals surface area contributed by atoms with Crippen molar-refractivity contribution in [3.05, 3.63) is 45.6 Å². The molecular formula is C20H30BCrF4. The summed E-state index contributed by atoms with van der Waals surface area (Å²) in [6.45, 7) is 21.8. The third kappa shape index (κ3) is 8.31. The quantitative estimate of drug-likeness (QED) is 0.221. The van der Waals surface area contributed by atoms with E-state index in [1.807, 2.05) is 0 Å². The van der Waals surface area contributed by atoms with Crippen LogP contribution in [-0.2, 0) is 17.4 Å². The molecule has 0 atom stereocenters. The van der Waals surface area contributed by atoms with Gasteiger partial charge in [0.05, 0.1) is 0 Å². The molecule has 0 aliphatic heterocycles. The summed E-state index contributed by atoms with van der Waals surface area (Å²) in [6, 6.07) is 0. The molecule has 0 nitrogen and oxygen atoms in total. The molecule has 26 heavy (non-hydrogen) atoms. The maximum Gasteiger partial charge on any atom is 3.00 e. The van der Waals surface area contributed by atoms with Crippen molar-refractivity contribution in [1.82, 2.24) is 0 Å². The molecule has 0 aromatic carbocycles. The van der Waals surface area contributed by atoms with Gasteiger partial charge < -0.3 is 17.3 Å². The normalized spacial score (nSPS) is 20.4. The molecule has 1 radical (unpaired) electrons. The molecule has 0 aromatic rings. The van der Waals surface area contributed by atoms with Gasteiger partial charge in [0.2, 0.25) is 0 Å². The van der Waals surface area contributed by atoms with E-state index in [0.29, 0.717) is 0 Å². The van der Waals surface area contributed by atoms with Crippen molar-refractivity contribution in [2.24, 2.45) is 10.8 Å². The van der Waals surface area contributed by atoms with E-state index in [2.05, 4.69) is 81.4 Å². The largest absolute Gasteiger partial charge is 3.00 e. The van der Waals surface area contributed by atoms with Crippen LogP contribution < -0.4 is 0 Å². The van der Waals surface area contributed by atoms with E-state index in [1.54, 1.807) is 0 Å². The smallest absolute Gasteiger partial charge is 0.418 e. The van der Waals surface area contributed by atoms with Gasteiger partial charge in [-0.05, 0) is 0 Å². The first-order chi connectivity index (χ1) is 10.9. The van der Waals surface area contributed by atoms with E-state index in [1.165, 1.54) is 33.4 Å². The molecule has 0 N–H and O–H groups in total. The average Bonchev–Trinajstić information content (AvgIpc) is 2.68. The number of hydrogen-bond acceptors (Lipinski definition) is 0. The minimum absolute atomic E-state index is 0. The Morgan fingerprint density at radius 3 is 0.846 bits per heavy atom. The van der Waals surface area contributed by atoms with E-state index < -0.39 is 7.25 Å². The Kier molecular flexibility index (Phi) is 10.0. The van der Waals surface area contributed by atoms with Crippen LogP contribution in [0.3, 0.4) is 0 Å². The van der Waals surface area contributed by atoms with Crippen molar-refractivity contribution in [3.8, 4) is 0 Å². The second kappa shape index (κ2) is 9.47. The van der Waals surface area contributed by atoms with Crippen molar-refractivity contribution >= 4 is 7.25 Å². The first kappa shape index (κ1) is 27.5. The van der Waals surface area contributed by atoms with E-state index >= 15 is 0 Å². The standard InChI is InChI=1S/2C10H15.BF4.Cr/c2*1-7-6-10(4,5)9(3)8(7)2;2-1(3,4)5;/h2*1-5H3;;/q3*-1;+3. The van der Waals surface area contributed by atoms with Crippen LogP contribution in [0.15, 0.2) is 33.4 Å². The Morgan fingerprint density at radius 1 is 0.615 bits per heavy atom. The summed E-state index contributed by atoms with van der Waals surface area (Å²) in [7, 11) is -6.00. The second-order valence-electron chi connectivity index (χ2n) is 7.74. The van der Waals surface area contributed by atoms with Gasteiger partial charge in [0.25, 0.3) is 0 Å². The third-order valence-corrected chi connectivity index (χ3v) is 5.12. The molecule has 2 aliphatic rings. The second-order valence-corrected chi connectivity index (χ2v) is 7.74. The molecule has 6 heteroatoms. The molecule has 0 unspecified atom stereocenters. The first-order valence-electron chi connectivity index (χ1n) is 8.37. The third-order valence-electron chi connectivity index (χ3n) is 5.12. The van der Waals surface area contributed by atoms with Crippen LogP contribution in [0.5, 0.6) is 0 Å². The Hall–Kier alpha value is -0.723. The SMILES string of the molecule is CC1=[C-]C(C)(C)C(C)=C1C.CC1=[C-]C(C)(C)C(C)=C1C.F[B-](F)(F)F.[Cr+3]. The van der Waals surface area contributed by atoms with Gasteiger partial charge in [-0.2, -0.15) is 22.3 Å². The number of rotatable bonds is 0. The zero-order valence-electron chi connectivity index (χ0n) is 17.5. The molecule has 147 valence electrons. The zero-order valence-corrected chi connectivity index (χ0v) is 18.8. The van der Waals surface area contributed by atoms with Crippen LogP contribution in [0.25, 0.3) is 0 Å². The zero-order chi connectivity index (χ0) is 20.4. The molecular weight excluding hydrogens is 379 g/mol. The topological polar surface area (TPSA) is 0 Å². The van der Waals surface area contributed by atoms with Crippen molar-refractivity contribution < 1.29 is 34.6 Å². The first-order valence-corrected chi connectivity index (χ1v) is 8.37. The molecule has 0 spiro atoms. The van der Waals surface area contributed by atoms with Crippen molar-refractivity contribution in [1.29, 1.82) is 0 Å². The summed E-state index contributed by atoms with van der Waals surface area (Å²) in [6.07, 6.45) is 6.87. The Morgan fingerprint density at radius 2 is 0.808 bits per heavy atom. The summed E-state index contributed by atoms with van der Waals surface area (Å²) >= 11 is 0. The summed E-state index contributed by atoms with van der Waals surface area (Å²) in [5.74, 6) is 0. The molecule has 0 saturated carbocycles. The van der Waals surface area contributed by atoms with Crippen LogP contribution in [0.2, 0.25) is 0 Å². The van der Waals surface area contributed by atoms with Gasteiger partial charge in [-0.1, -0.05) is 66.2 Å². The summed E-state index contributed by atoms with van der Waals surface area (Å²) in [5, 5.41) is 0. The van der Waals surface area contributed by atoms with Gasteiger partial charge in [-0.3, -0.25) is 12.2 Å². The van der Waals surface area contributed by atoms with E-state index in [-0.39, 0.29) is 28.2 Å². The van der Waals surface area contributed by atoms with Gasteiger partial charge in [-0.15, -0.1) is 13.8 Å². The summed E-state index contributed by atoms with van der Waals surface area (Å²) in [4.78, 5) is 0. The van der Waals surface area contributed by atoms with Gasteiger partial charge in [0.1, 0.15) is 0 Å². The number of hydrogen-bond donors (Lipinski definition) is 0. The van der Waals surface area contributed by atoms with Crippen molar-refractivity contribution in [2.45, 2.75) is 69.2 Å². The van der Waals surface area contributed by atoms with Crippen LogP contribution in [0.4, 0.5) is 17.3 Å². The van der Waals surface area contributed by atoms with Gasteiger partial charge in [0.15, 0.2) is 0 Å². The number of allylic oxidation sites excluding steroid dienone is 8. The maximum atomic E-state index is 9.75. The number of halogens is 4. The van der Waals surface area contributed by atoms with Gasteiger partial charge in [0, 0.05) is 0 Å². The van der Waals surface area contributed by atoms with Crippen molar-refractivity contribution in [2.75, 3.05) is 0 Å². The molecule has 0 aromatic heterocycles. The van der Waals surface area contributed by atoms with Gasteiger partial charge >= 0.3 is 24.6 Å². The van der Waals surface area contributed by atoms with Crippen LogP contribution >= 0.6 is 0 Å². The molecule has 2 aliphatic carbocycles. The minimum atomic E-state index is -6.00. The molecule has 0 amide bonds. The fourth-order valence-corrected chi connectivity index (χ4v) is 2.81. The Labute approximate surface area is 167 Å². The predicted molar refractivity (Wildman–Crippen MR) is 99.4 cm³/mol. The molecule has 0 heterocycles. The molecule has 0 bridgehead atoms.